The van der Waals surface area contributed by atoms with Crippen molar-refractivity contribution in [3.8, 4) is 0 Å². The predicted molar refractivity (Wildman–Crippen MR) is 80.9 cm³/mol. The van der Waals surface area contributed by atoms with Crippen LogP contribution in [0.3, 0.4) is 0 Å². The second-order valence-corrected chi connectivity index (χ2v) is 7.36. The second kappa shape index (κ2) is 7.20. The van der Waals surface area contributed by atoms with Gasteiger partial charge < -0.3 is 5.11 Å². The average molecular weight is 299 g/mol. The summed E-state index contributed by atoms with van der Waals surface area (Å²) in [5.74, 6) is 0.431. The number of hydrogen-bond donors (Lipinski definition) is 2. The van der Waals surface area contributed by atoms with Crippen LogP contribution in [0.4, 0.5) is 0 Å². The lowest BCUT2D eigenvalue weighted by atomic mass is 10.1. The van der Waals surface area contributed by atoms with Gasteiger partial charge in [-0.2, -0.15) is 0 Å². The van der Waals surface area contributed by atoms with E-state index in [-0.39, 0.29) is 10.9 Å². The predicted octanol–water partition coefficient (Wildman–Crippen LogP) is 2.84. The lowest BCUT2D eigenvalue weighted by molar-refractivity contribution is 0.173. The molecule has 0 fully saturated rings. The molecule has 0 radical (unpaired) electrons. The average Bonchev–Trinajstić information content (AvgIpc) is 2.36. The van der Waals surface area contributed by atoms with Crippen molar-refractivity contribution in [2.75, 3.05) is 0 Å². The van der Waals surface area contributed by atoms with Gasteiger partial charge in [-0.25, -0.2) is 13.1 Å². The van der Waals surface area contributed by atoms with Crippen molar-refractivity contribution in [1.82, 2.24) is 4.72 Å². The summed E-state index contributed by atoms with van der Waals surface area (Å²) in [6.45, 7) is 7.84. The third-order valence-corrected chi connectivity index (χ3v) is 4.71. The van der Waals surface area contributed by atoms with E-state index < -0.39 is 16.1 Å². The molecule has 0 saturated carbocycles. The van der Waals surface area contributed by atoms with Gasteiger partial charge in [0.05, 0.1) is 11.0 Å². The lowest BCUT2D eigenvalue weighted by Gasteiger charge is -2.17. The first kappa shape index (κ1) is 17.1. The molecule has 4 nitrogen and oxygen atoms in total. The highest BCUT2D eigenvalue weighted by molar-refractivity contribution is 7.89. The minimum atomic E-state index is -3.53. The van der Waals surface area contributed by atoms with E-state index in [1.165, 1.54) is 0 Å². The van der Waals surface area contributed by atoms with Crippen LogP contribution in [0.15, 0.2) is 29.2 Å². The quantitative estimate of drug-likeness (QED) is 0.813. The van der Waals surface area contributed by atoms with Gasteiger partial charge in [-0.3, -0.25) is 0 Å². The zero-order chi connectivity index (χ0) is 15.3. The topological polar surface area (TPSA) is 66.4 Å². The molecule has 20 heavy (non-hydrogen) atoms. The van der Waals surface area contributed by atoms with Gasteiger partial charge in [0.1, 0.15) is 0 Å². The van der Waals surface area contributed by atoms with Gasteiger partial charge in [-0.15, -0.1) is 0 Å². The third-order valence-electron chi connectivity index (χ3n) is 3.12. The summed E-state index contributed by atoms with van der Waals surface area (Å²) < 4.78 is 27.3. The van der Waals surface area contributed by atoms with Crippen molar-refractivity contribution in [2.24, 2.45) is 5.92 Å². The highest BCUT2D eigenvalue weighted by atomic mass is 32.2. The molecule has 2 atom stereocenters. The number of benzene rings is 1. The summed E-state index contributed by atoms with van der Waals surface area (Å²) in [4.78, 5) is 0.207. The Labute approximate surface area is 122 Å². The summed E-state index contributed by atoms with van der Waals surface area (Å²) in [5.41, 5.74) is 0.631. The molecule has 5 heteroatoms. The molecule has 0 aliphatic heterocycles. The number of hydrogen-bond acceptors (Lipinski definition) is 3. The molecule has 0 saturated heterocycles. The van der Waals surface area contributed by atoms with Crippen LogP contribution in [0.25, 0.3) is 0 Å². The molecule has 0 aliphatic carbocycles. The highest BCUT2D eigenvalue weighted by Crippen LogP contribution is 2.20. The zero-order valence-corrected chi connectivity index (χ0v) is 13.4. The zero-order valence-electron chi connectivity index (χ0n) is 12.6. The van der Waals surface area contributed by atoms with Gasteiger partial charge in [-0.05, 0) is 43.4 Å². The maximum Gasteiger partial charge on any atom is 0.240 e. The first-order valence-electron chi connectivity index (χ1n) is 7.06. The van der Waals surface area contributed by atoms with Gasteiger partial charge >= 0.3 is 0 Å². The standard InChI is InChI=1S/C15H25NO3S/c1-5-15(17)13-7-6-8-14(10-13)20(18,19)16-12(4)9-11(2)3/h6-8,10-12,15-17H,5,9H2,1-4H3. The van der Waals surface area contributed by atoms with Gasteiger partial charge in [0.2, 0.25) is 10.0 Å². The van der Waals surface area contributed by atoms with Crippen molar-refractivity contribution in [3.05, 3.63) is 29.8 Å². The van der Waals surface area contributed by atoms with E-state index >= 15 is 0 Å². The van der Waals surface area contributed by atoms with Crippen LogP contribution in [-0.2, 0) is 10.0 Å². The minimum Gasteiger partial charge on any atom is -0.388 e. The molecule has 1 aromatic carbocycles. The summed E-state index contributed by atoms with van der Waals surface area (Å²) in [6.07, 6.45) is 0.718. The molecular weight excluding hydrogens is 274 g/mol. The first-order chi connectivity index (χ1) is 9.26. The van der Waals surface area contributed by atoms with E-state index in [2.05, 4.69) is 18.6 Å². The smallest absolute Gasteiger partial charge is 0.240 e. The molecule has 0 bridgehead atoms. The SMILES string of the molecule is CCC(O)c1cccc(S(=O)(=O)NC(C)CC(C)C)c1. The molecule has 2 N–H and O–H groups in total. The van der Waals surface area contributed by atoms with Crippen molar-refractivity contribution in [3.63, 3.8) is 0 Å². The van der Waals surface area contributed by atoms with Crippen molar-refractivity contribution in [2.45, 2.75) is 57.6 Å². The fraction of sp³-hybridized carbons (Fsp3) is 0.600. The molecule has 0 heterocycles. The molecular formula is C15H25NO3S. The number of rotatable bonds is 7. The Kier molecular flexibility index (Phi) is 6.17. The Balaban J connectivity index is 2.92. The van der Waals surface area contributed by atoms with Crippen molar-refractivity contribution in [1.29, 1.82) is 0 Å². The van der Waals surface area contributed by atoms with E-state index in [9.17, 15) is 13.5 Å². The number of nitrogens with one attached hydrogen (secondary N) is 1. The highest BCUT2D eigenvalue weighted by Gasteiger charge is 2.19. The van der Waals surface area contributed by atoms with E-state index in [1.54, 1.807) is 24.3 Å². The van der Waals surface area contributed by atoms with Crippen molar-refractivity contribution < 1.29 is 13.5 Å². The van der Waals surface area contributed by atoms with Crippen LogP contribution in [0.2, 0.25) is 0 Å². The molecule has 1 aromatic rings. The lowest BCUT2D eigenvalue weighted by Crippen LogP contribution is -2.33. The molecule has 0 amide bonds. The fourth-order valence-corrected chi connectivity index (χ4v) is 3.52. The monoisotopic (exact) mass is 299 g/mol. The Morgan fingerprint density at radius 2 is 1.90 bits per heavy atom. The van der Waals surface area contributed by atoms with Gasteiger partial charge in [0.15, 0.2) is 0 Å². The van der Waals surface area contributed by atoms with Gasteiger partial charge in [0, 0.05) is 6.04 Å². The van der Waals surface area contributed by atoms with Crippen LogP contribution in [0.5, 0.6) is 0 Å². The maximum absolute atomic E-state index is 12.3. The molecule has 0 spiro atoms. The van der Waals surface area contributed by atoms with Gasteiger partial charge in [-0.1, -0.05) is 32.9 Å². The van der Waals surface area contributed by atoms with Gasteiger partial charge in [0.25, 0.3) is 0 Å². The number of aliphatic hydroxyl groups is 1. The van der Waals surface area contributed by atoms with Crippen molar-refractivity contribution >= 4 is 10.0 Å². The van der Waals surface area contributed by atoms with E-state index in [0.717, 1.165) is 6.42 Å². The van der Waals surface area contributed by atoms with Crippen LogP contribution in [0, 0.1) is 5.92 Å². The Bertz CT molecular complexity index is 526. The van der Waals surface area contributed by atoms with E-state index in [4.69, 9.17) is 0 Å². The van der Waals surface area contributed by atoms with E-state index in [1.807, 2.05) is 13.8 Å². The Hall–Kier alpha value is -0.910. The fourth-order valence-electron chi connectivity index (χ4n) is 2.21. The second-order valence-electron chi connectivity index (χ2n) is 5.65. The normalized spacial score (nSPS) is 15.3. The molecule has 2 unspecified atom stereocenters. The summed E-state index contributed by atoms with van der Waals surface area (Å²) in [5, 5.41) is 9.81. The van der Waals surface area contributed by atoms with Crippen LogP contribution >= 0.6 is 0 Å². The molecule has 114 valence electrons. The largest absolute Gasteiger partial charge is 0.388 e. The summed E-state index contributed by atoms with van der Waals surface area (Å²) >= 11 is 0. The van der Waals surface area contributed by atoms with Crippen LogP contribution < -0.4 is 4.72 Å². The molecule has 1 rings (SSSR count). The molecule has 0 aliphatic rings. The van der Waals surface area contributed by atoms with Crippen LogP contribution in [-0.4, -0.2) is 19.6 Å². The van der Waals surface area contributed by atoms with E-state index in [0.29, 0.717) is 17.9 Å². The summed E-state index contributed by atoms with van der Waals surface area (Å²) in [6, 6.07) is 6.38. The minimum absolute atomic E-state index is 0.111. The maximum atomic E-state index is 12.3. The molecule has 0 aromatic heterocycles. The third kappa shape index (κ3) is 4.89. The Morgan fingerprint density at radius 3 is 2.45 bits per heavy atom. The number of sulfonamides is 1. The number of aliphatic hydroxyl groups excluding tert-OH is 1. The summed E-state index contributed by atoms with van der Waals surface area (Å²) in [7, 11) is -3.53. The first-order valence-corrected chi connectivity index (χ1v) is 8.55. The Morgan fingerprint density at radius 1 is 1.25 bits per heavy atom. The van der Waals surface area contributed by atoms with Crippen LogP contribution in [0.1, 0.15) is 52.2 Å².